The summed E-state index contributed by atoms with van der Waals surface area (Å²) in [7, 11) is 1.61. The van der Waals surface area contributed by atoms with Gasteiger partial charge in [0, 0.05) is 30.1 Å². The van der Waals surface area contributed by atoms with Crippen LogP contribution in [0.15, 0.2) is 48.7 Å². The smallest absolute Gasteiger partial charge is 0.387 e. The van der Waals surface area contributed by atoms with E-state index in [1.54, 1.807) is 37.6 Å². The molecule has 8 heteroatoms. The minimum Gasteiger partial charge on any atom is -0.434 e. The highest BCUT2D eigenvalue weighted by atomic mass is 19.3. The number of rotatable bonds is 7. The van der Waals surface area contributed by atoms with E-state index in [1.165, 1.54) is 0 Å². The highest BCUT2D eigenvalue weighted by Crippen LogP contribution is 2.29. The molecule has 0 spiro atoms. The Morgan fingerprint density at radius 1 is 1.06 bits per heavy atom. The number of nitrogens with zero attached hydrogens (tertiary/aromatic N) is 4. The van der Waals surface area contributed by atoms with Crippen molar-refractivity contribution < 1.29 is 18.3 Å². The zero-order chi connectivity index (χ0) is 22.0. The van der Waals surface area contributed by atoms with Gasteiger partial charge in [-0.25, -0.2) is 15.0 Å². The highest BCUT2D eigenvalue weighted by Gasteiger charge is 2.15. The van der Waals surface area contributed by atoms with E-state index in [9.17, 15) is 8.78 Å². The zero-order valence-electron chi connectivity index (χ0n) is 17.5. The number of alkyl halides is 2. The Balaban J connectivity index is 1.74. The van der Waals surface area contributed by atoms with Crippen LogP contribution in [0, 0.1) is 13.8 Å². The van der Waals surface area contributed by atoms with Gasteiger partial charge in [-0.2, -0.15) is 8.78 Å². The minimum atomic E-state index is -2.88. The van der Waals surface area contributed by atoms with E-state index in [0.717, 1.165) is 33.7 Å². The van der Waals surface area contributed by atoms with Crippen LogP contribution in [0.25, 0.3) is 22.2 Å². The molecular formula is C23H22F2N4O2. The number of fused-ring (bicyclic) bond motifs is 1. The predicted molar refractivity (Wildman–Crippen MR) is 113 cm³/mol. The number of aromatic nitrogens is 4. The third kappa shape index (κ3) is 4.39. The lowest BCUT2D eigenvalue weighted by Gasteiger charge is -2.13. The van der Waals surface area contributed by atoms with Gasteiger partial charge in [0.25, 0.3) is 0 Å². The number of ether oxygens (including phenoxy) is 2. The summed E-state index contributed by atoms with van der Waals surface area (Å²) in [5, 5.41) is 0. The lowest BCUT2D eigenvalue weighted by Crippen LogP contribution is -2.08. The molecule has 0 aliphatic heterocycles. The number of imidazole rings is 1. The monoisotopic (exact) mass is 424 g/mol. The molecule has 0 bridgehead atoms. The molecule has 2 heterocycles. The number of halogens is 2. The maximum absolute atomic E-state index is 12.8. The number of hydrogen-bond donors (Lipinski definition) is 0. The second-order valence-electron chi connectivity index (χ2n) is 7.15. The SMILES string of the molecule is COCc1ncc(-c2ccc3nc(C)n(Cc4ccccc4OC(F)F)c3c2)c(C)n1. The Hall–Kier alpha value is -3.39. The first-order valence-electron chi connectivity index (χ1n) is 9.77. The fourth-order valence-corrected chi connectivity index (χ4v) is 3.62. The van der Waals surface area contributed by atoms with Crippen LogP contribution in [0.1, 0.15) is 22.9 Å². The summed E-state index contributed by atoms with van der Waals surface area (Å²) in [4.78, 5) is 13.5. The molecule has 4 rings (SSSR count). The summed E-state index contributed by atoms with van der Waals surface area (Å²) in [6, 6.07) is 12.7. The van der Waals surface area contributed by atoms with Crippen LogP contribution in [-0.4, -0.2) is 33.2 Å². The van der Waals surface area contributed by atoms with Gasteiger partial charge in [-0.1, -0.05) is 24.3 Å². The second kappa shape index (κ2) is 8.77. The molecule has 0 amide bonds. The van der Waals surface area contributed by atoms with Crippen molar-refractivity contribution in [1.29, 1.82) is 0 Å². The maximum atomic E-state index is 12.8. The van der Waals surface area contributed by atoms with Crippen molar-refractivity contribution in [2.75, 3.05) is 7.11 Å². The molecule has 0 fully saturated rings. The summed E-state index contributed by atoms with van der Waals surface area (Å²) in [6.45, 7) is 1.66. The van der Waals surface area contributed by atoms with Crippen LogP contribution in [0.5, 0.6) is 5.75 Å². The van der Waals surface area contributed by atoms with Crippen LogP contribution in [0.3, 0.4) is 0 Å². The standard InChI is InChI=1S/C23H22F2N4O2/c1-14-18(11-26-22(27-14)13-30-3)16-8-9-19-20(10-16)29(15(2)28-19)12-17-6-4-5-7-21(17)31-23(24)25/h4-11,23H,12-13H2,1-3H3. The van der Waals surface area contributed by atoms with Gasteiger partial charge in [-0.15, -0.1) is 0 Å². The Labute approximate surface area is 178 Å². The van der Waals surface area contributed by atoms with Crippen molar-refractivity contribution in [3.05, 3.63) is 71.6 Å². The van der Waals surface area contributed by atoms with Crippen LogP contribution in [0.2, 0.25) is 0 Å². The van der Waals surface area contributed by atoms with Crippen molar-refractivity contribution >= 4 is 11.0 Å². The Kier molecular flexibility index (Phi) is 5.90. The summed E-state index contributed by atoms with van der Waals surface area (Å²) in [6.07, 6.45) is 1.79. The third-order valence-electron chi connectivity index (χ3n) is 5.07. The van der Waals surface area contributed by atoms with Crippen LogP contribution in [-0.2, 0) is 17.9 Å². The molecule has 0 N–H and O–H groups in total. The van der Waals surface area contributed by atoms with Gasteiger partial charge in [0.05, 0.1) is 17.6 Å². The van der Waals surface area contributed by atoms with Crippen LogP contribution < -0.4 is 4.74 Å². The summed E-state index contributed by atoms with van der Waals surface area (Å²) < 4.78 is 37.4. The fraction of sp³-hybridized carbons (Fsp3) is 0.261. The number of methoxy groups -OCH3 is 1. The Morgan fingerprint density at radius 2 is 1.87 bits per heavy atom. The largest absolute Gasteiger partial charge is 0.434 e. The predicted octanol–water partition coefficient (Wildman–Crippen LogP) is 4.91. The summed E-state index contributed by atoms with van der Waals surface area (Å²) >= 11 is 0. The van der Waals surface area contributed by atoms with Crippen molar-refractivity contribution in [3.8, 4) is 16.9 Å². The molecule has 160 valence electrons. The molecule has 6 nitrogen and oxygen atoms in total. The second-order valence-corrected chi connectivity index (χ2v) is 7.15. The average Bonchev–Trinajstić information content (AvgIpc) is 3.04. The molecular weight excluding hydrogens is 402 g/mol. The van der Waals surface area contributed by atoms with Gasteiger partial charge in [0.2, 0.25) is 0 Å². The van der Waals surface area contributed by atoms with E-state index in [0.29, 0.717) is 24.5 Å². The zero-order valence-corrected chi connectivity index (χ0v) is 17.5. The minimum absolute atomic E-state index is 0.160. The number of para-hydroxylation sites is 1. The lowest BCUT2D eigenvalue weighted by atomic mass is 10.1. The molecule has 0 saturated carbocycles. The van der Waals surface area contributed by atoms with E-state index in [4.69, 9.17) is 9.47 Å². The molecule has 0 aliphatic rings. The molecule has 31 heavy (non-hydrogen) atoms. The van der Waals surface area contributed by atoms with E-state index in [1.807, 2.05) is 36.6 Å². The molecule has 4 aromatic rings. The molecule has 0 aliphatic carbocycles. The molecule has 2 aromatic heterocycles. The van der Waals surface area contributed by atoms with Gasteiger partial charge in [-0.05, 0) is 37.6 Å². The first-order valence-corrected chi connectivity index (χ1v) is 9.77. The van der Waals surface area contributed by atoms with Gasteiger partial charge < -0.3 is 14.0 Å². The molecule has 2 aromatic carbocycles. The maximum Gasteiger partial charge on any atom is 0.387 e. The van der Waals surface area contributed by atoms with Gasteiger partial charge in [0.15, 0.2) is 5.82 Å². The van der Waals surface area contributed by atoms with E-state index < -0.39 is 6.61 Å². The Bertz CT molecular complexity index is 1220. The number of benzene rings is 2. The van der Waals surface area contributed by atoms with Crippen molar-refractivity contribution in [2.24, 2.45) is 0 Å². The Morgan fingerprint density at radius 3 is 2.61 bits per heavy atom. The summed E-state index contributed by atoms with van der Waals surface area (Å²) in [5.41, 5.74) is 5.07. The average molecular weight is 424 g/mol. The molecule has 0 atom stereocenters. The fourth-order valence-electron chi connectivity index (χ4n) is 3.62. The highest BCUT2D eigenvalue weighted by molar-refractivity contribution is 5.83. The van der Waals surface area contributed by atoms with Crippen LogP contribution >= 0.6 is 0 Å². The summed E-state index contributed by atoms with van der Waals surface area (Å²) in [5.74, 6) is 1.57. The first kappa shape index (κ1) is 20.9. The topological polar surface area (TPSA) is 62.1 Å². The quantitative estimate of drug-likeness (QED) is 0.422. The normalized spacial score (nSPS) is 11.4. The molecule has 0 saturated heterocycles. The van der Waals surface area contributed by atoms with Gasteiger partial charge in [0.1, 0.15) is 18.2 Å². The molecule has 0 radical (unpaired) electrons. The van der Waals surface area contributed by atoms with Gasteiger partial charge >= 0.3 is 6.61 Å². The van der Waals surface area contributed by atoms with E-state index in [-0.39, 0.29) is 5.75 Å². The van der Waals surface area contributed by atoms with E-state index in [2.05, 4.69) is 15.0 Å². The lowest BCUT2D eigenvalue weighted by molar-refractivity contribution is -0.0504. The van der Waals surface area contributed by atoms with E-state index >= 15 is 0 Å². The number of hydrogen-bond acceptors (Lipinski definition) is 5. The van der Waals surface area contributed by atoms with Crippen molar-refractivity contribution in [1.82, 2.24) is 19.5 Å². The third-order valence-corrected chi connectivity index (χ3v) is 5.07. The van der Waals surface area contributed by atoms with Gasteiger partial charge in [-0.3, -0.25) is 0 Å². The van der Waals surface area contributed by atoms with Crippen LogP contribution in [0.4, 0.5) is 8.78 Å². The molecule has 0 unspecified atom stereocenters. The first-order chi connectivity index (χ1) is 15.0. The van der Waals surface area contributed by atoms with Crippen molar-refractivity contribution in [3.63, 3.8) is 0 Å². The van der Waals surface area contributed by atoms with Crippen molar-refractivity contribution in [2.45, 2.75) is 33.6 Å². The number of aryl methyl sites for hydroxylation is 2.